The van der Waals surface area contributed by atoms with Crippen molar-refractivity contribution in [3.8, 4) is 11.1 Å². The molecule has 0 spiro atoms. The zero-order valence-corrected chi connectivity index (χ0v) is 19.1. The van der Waals surface area contributed by atoms with Gasteiger partial charge in [0.05, 0.1) is 0 Å². The predicted octanol–water partition coefficient (Wildman–Crippen LogP) is 9.45. The third-order valence-electron chi connectivity index (χ3n) is 7.11. The smallest absolute Gasteiger partial charge is 0.143 e. The van der Waals surface area contributed by atoms with Crippen LogP contribution in [0.1, 0.15) is 26.3 Å². The maximum Gasteiger partial charge on any atom is 0.143 e. The molecule has 0 aliphatic carbocycles. The van der Waals surface area contributed by atoms with Gasteiger partial charge in [-0.3, -0.25) is 0 Å². The first-order valence-corrected chi connectivity index (χ1v) is 11.6. The largest absolute Gasteiger partial charge is 0.455 e. The summed E-state index contributed by atoms with van der Waals surface area (Å²) < 4.78 is 6.33. The Labute approximate surface area is 192 Å². The molecule has 0 aliphatic rings. The van der Waals surface area contributed by atoms with E-state index >= 15 is 0 Å². The Kier molecular flexibility index (Phi) is 3.60. The summed E-state index contributed by atoms with van der Waals surface area (Å²) in [4.78, 5) is 0. The van der Waals surface area contributed by atoms with Crippen molar-refractivity contribution in [2.24, 2.45) is 0 Å². The van der Waals surface area contributed by atoms with Gasteiger partial charge >= 0.3 is 0 Å². The van der Waals surface area contributed by atoms with E-state index in [0.29, 0.717) is 0 Å². The van der Waals surface area contributed by atoms with Crippen LogP contribution in [0.2, 0.25) is 0 Å². The van der Waals surface area contributed by atoms with Gasteiger partial charge < -0.3 is 4.42 Å². The molecule has 158 valence electrons. The van der Waals surface area contributed by atoms with Crippen molar-refractivity contribution in [2.75, 3.05) is 0 Å². The molecule has 0 atom stereocenters. The summed E-state index contributed by atoms with van der Waals surface area (Å²) in [5.41, 5.74) is 5.74. The second kappa shape index (κ2) is 6.36. The summed E-state index contributed by atoms with van der Waals surface area (Å²) in [5, 5.41) is 10.3. The molecule has 0 saturated carbocycles. The van der Waals surface area contributed by atoms with E-state index in [1.54, 1.807) is 0 Å². The molecule has 0 bridgehead atoms. The van der Waals surface area contributed by atoms with E-state index in [0.717, 1.165) is 16.7 Å². The van der Waals surface area contributed by atoms with Crippen LogP contribution >= 0.6 is 0 Å². The number of furan rings is 1. The van der Waals surface area contributed by atoms with Crippen LogP contribution in [-0.2, 0) is 5.41 Å². The monoisotopic (exact) mass is 424 g/mol. The third kappa shape index (κ3) is 2.66. The van der Waals surface area contributed by atoms with Crippen LogP contribution in [0.5, 0.6) is 0 Å². The zero-order chi connectivity index (χ0) is 22.3. The molecule has 1 heterocycles. The van der Waals surface area contributed by atoms with E-state index in [-0.39, 0.29) is 5.41 Å². The predicted molar refractivity (Wildman–Crippen MR) is 142 cm³/mol. The topological polar surface area (TPSA) is 13.1 Å². The lowest BCUT2D eigenvalue weighted by Gasteiger charge is -2.21. The molecule has 1 heteroatoms. The fourth-order valence-corrected chi connectivity index (χ4v) is 5.40. The first-order chi connectivity index (χ1) is 16.0. The SMILES string of the molecule is CC(C)(C)c1cc2ccc3cc(-c4cccc5c4oc4ccccc45)cc4ccc(c1)c2c34. The fraction of sp³-hybridized carbons (Fsp3) is 0.125. The Hall–Kier alpha value is -3.84. The molecular weight excluding hydrogens is 400 g/mol. The highest BCUT2D eigenvalue weighted by atomic mass is 16.3. The van der Waals surface area contributed by atoms with Crippen LogP contribution in [0, 0.1) is 0 Å². The Bertz CT molecular complexity index is 1780. The molecule has 0 amide bonds. The van der Waals surface area contributed by atoms with E-state index in [1.807, 2.05) is 12.1 Å². The van der Waals surface area contributed by atoms with Gasteiger partial charge in [-0.2, -0.15) is 0 Å². The van der Waals surface area contributed by atoms with Gasteiger partial charge in [0.15, 0.2) is 0 Å². The number of fused-ring (bicyclic) bond motifs is 3. The van der Waals surface area contributed by atoms with Crippen molar-refractivity contribution in [1.82, 2.24) is 0 Å². The number of benzene rings is 6. The lowest BCUT2D eigenvalue weighted by molar-refractivity contribution is 0.591. The Morgan fingerprint density at radius 1 is 0.576 bits per heavy atom. The summed E-state index contributed by atoms with van der Waals surface area (Å²) in [5.74, 6) is 0. The van der Waals surface area contributed by atoms with Crippen LogP contribution in [0.15, 0.2) is 95.4 Å². The maximum absolute atomic E-state index is 6.33. The minimum atomic E-state index is 0.128. The van der Waals surface area contributed by atoms with Gasteiger partial charge in [-0.15, -0.1) is 0 Å². The van der Waals surface area contributed by atoms with Gasteiger partial charge in [-0.25, -0.2) is 0 Å². The molecule has 0 N–H and O–H groups in total. The molecule has 7 rings (SSSR count). The number of rotatable bonds is 1. The Balaban J connectivity index is 1.52. The van der Waals surface area contributed by atoms with Crippen LogP contribution < -0.4 is 0 Å². The van der Waals surface area contributed by atoms with Gasteiger partial charge in [0.2, 0.25) is 0 Å². The van der Waals surface area contributed by atoms with Gasteiger partial charge in [0.1, 0.15) is 11.2 Å². The van der Waals surface area contributed by atoms with Gasteiger partial charge in [-0.05, 0) is 67.1 Å². The minimum Gasteiger partial charge on any atom is -0.455 e. The van der Waals surface area contributed by atoms with Gasteiger partial charge in [0, 0.05) is 16.3 Å². The first-order valence-electron chi connectivity index (χ1n) is 11.6. The van der Waals surface area contributed by atoms with Crippen molar-refractivity contribution >= 4 is 54.3 Å². The van der Waals surface area contributed by atoms with Crippen LogP contribution in [-0.4, -0.2) is 0 Å². The van der Waals surface area contributed by atoms with Gasteiger partial charge in [0.25, 0.3) is 0 Å². The quantitative estimate of drug-likeness (QED) is 0.239. The summed E-state index contributed by atoms with van der Waals surface area (Å²) in [6, 6.07) is 33.2. The average molecular weight is 425 g/mol. The van der Waals surface area contributed by atoms with Crippen molar-refractivity contribution in [2.45, 2.75) is 26.2 Å². The molecule has 0 radical (unpaired) electrons. The summed E-state index contributed by atoms with van der Waals surface area (Å²) in [6.45, 7) is 6.85. The molecular formula is C32H24O. The second-order valence-electron chi connectivity index (χ2n) is 10.3. The Morgan fingerprint density at radius 3 is 1.79 bits per heavy atom. The summed E-state index contributed by atoms with van der Waals surface area (Å²) in [7, 11) is 0. The highest BCUT2D eigenvalue weighted by Gasteiger charge is 2.18. The summed E-state index contributed by atoms with van der Waals surface area (Å²) >= 11 is 0. The van der Waals surface area contributed by atoms with E-state index in [9.17, 15) is 0 Å². The highest BCUT2D eigenvalue weighted by molar-refractivity contribution is 6.24. The average Bonchev–Trinajstić information content (AvgIpc) is 3.20. The molecule has 0 aliphatic heterocycles. The lowest BCUT2D eigenvalue weighted by Crippen LogP contribution is -2.10. The van der Waals surface area contributed by atoms with E-state index in [2.05, 4.69) is 99.6 Å². The normalized spacial score (nSPS) is 12.7. The number of para-hydroxylation sites is 2. The maximum atomic E-state index is 6.33. The molecule has 1 aromatic heterocycles. The summed E-state index contributed by atoms with van der Waals surface area (Å²) in [6.07, 6.45) is 0. The standard InChI is InChI=1S/C32H24O/c1-32(2,3)24-17-21-13-11-19-15-23(16-20-12-14-22(18-24)30(21)29(19)20)25-8-6-9-27-26-7-4-5-10-28(26)33-31(25)27/h4-18H,1-3H3. The molecule has 0 fully saturated rings. The number of hydrogen-bond donors (Lipinski definition) is 0. The first kappa shape index (κ1) is 18.7. The van der Waals surface area contributed by atoms with Crippen molar-refractivity contribution in [3.05, 3.63) is 96.6 Å². The van der Waals surface area contributed by atoms with Crippen molar-refractivity contribution in [1.29, 1.82) is 0 Å². The van der Waals surface area contributed by atoms with Crippen LogP contribution in [0.25, 0.3) is 65.4 Å². The molecule has 6 aromatic carbocycles. The zero-order valence-electron chi connectivity index (χ0n) is 19.1. The highest BCUT2D eigenvalue weighted by Crippen LogP contribution is 2.41. The molecule has 7 aromatic rings. The van der Waals surface area contributed by atoms with E-state index in [1.165, 1.54) is 54.2 Å². The molecule has 0 unspecified atom stereocenters. The molecule has 0 saturated heterocycles. The van der Waals surface area contributed by atoms with Crippen molar-refractivity contribution in [3.63, 3.8) is 0 Å². The van der Waals surface area contributed by atoms with Crippen LogP contribution in [0.3, 0.4) is 0 Å². The van der Waals surface area contributed by atoms with Crippen LogP contribution in [0.4, 0.5) is 0 Å². The third-order valence-corrected chi connectivity index (χ3v) is 7.11. The minimum absolute atomic E-state index is 0.128. The van der Waals surface area contributed by atoms with E-state index in [4.69, 9.17) is 4.42 Å². The lowest BCUT2D eigenvalue weighted by atomic mass is 9.83. The number of hydrogen-bond acceptors (Lipinski definition) is 1. The van der Waals surface area contributed by atoms with Crippen molar-refractivity contribution < 1.29 is 4.42 Å². The Morgan fingerprint density at radius 2 is 1.15 bits per heavy atom. The molecule has 33 heavy (non-hydrogen) atoms. The van der Waals surface area contributed by atoms with Gasteiger partial charge in [-0.1, -0.05) is 93.6 Å². The second-order valence-corrected chi connectivity index (χ2v) is 10.3. The molecule has 1 nitrogen and oxygen atoms in total. The fourth-order valence-electron chi connectivity index (χ4n) is 5.40. The van der Waals surface area contributed by atoms with E-state index < -0.39 is 0 Å².